The van der Waals surface area contributed by atoms with Crippen molar-refractivity contribution >= 4 is 0 Å². The minimum atomic E-state index is 0.338. The molecule has 0 saturated carbocycles. The molecule has 1 fully saturated rings. The van der Waals surface area contributed by atoms with Gasteiger partial charge >= 0.3 is 0 Å². The Balaban J connectivity index is 1.99. The van der Waals surface area contributed by atoms with Gasteiger partial charge in [0.2, 0.25) is 0 Å². The van der Waals surface area contributed by atoms with Gasteiger partial charge in [0.05, 0.1) is 18.8 Å². The average molecular weight is 215 g/mol. The van der Waals surface area contributed by atoms with Crippen molar-refractivity contribution in [1.29, 1.82) is 0 Å². The summed E-state index contributed by atoms with van der Waals surface area (Å²) < 4.78 is 11.4. The SMILES string of the molecule is CCCNCC1CCC(COCCC)O1. The molecule has 0 amide bonds. The van der Waals surface area contributed by atoms with E-state index < -0.39 is 0 Å². The molecule has 90 valence electrons. The monoisotopic (exact) mass is 215 g/mol. The molecule has 0 spiro atoms. The van der Waals surface area contributed by atoms with Crippen molar-refractivity contribution in [2.75, 3.05) is 26.3 Å². The lowest BCUT2D eigenvalue weighted by Gasteiger charge is -2.14. The molecule has 1 heterocycles. The maximum absolute atomic E-state index is 5.87. The maximum Gasteiger partial charge on any atom is 0.0813 e. The zero-order chi connectivity index (χ0) is 10.9. The van der Waals surface area contributed by atoms with Crippen LogP contribution in [0.4, 0.5) is 0 Å². The topological polar surface area (TPSA) is 30.5 Å². The van der Waals surface area contributed by atoms with Crippen molar-refractivity contribution < 1.29 is 9.47 Å². The molecule has 0 aliphatic carbocycles. The molecule has 2 unspecified atom stereocenters. The van der Waals surface area contributed by atoms with Gasteiger partial charge in [-0.15, -0.1) is 0 Å². The summed E-state index contributed by atoms with van der Waals surface area (Å²) in [6.45, 7) is 8.04. The standard InChI is InChI=1S/C12H25NO2/c1-3-7-13-9-11-5-6-12(15-11)10-14-8-4-2/h11-13H,3-10H2,1-2H3. The first-order valence-electron chi connectivity index (χ1n) is 6.30. The van der Waals surface area contributed by atoms with Crippen LogP contribution >= 0.6 is 0 Å². The van der Waals surface area contributed by atoms with Crippen LogP contribution in [0.25, 0.3) is 0 Å². The lowest BCUT2D eigenvalue weighted by Crippen LogP contribution is -2.28. The normalized spacial score (nSPS) is 26.0. The summed E-state index contributed by atoms with van der Waals surface area (Å²) in [5, 5.41) is 3.40. The van der Waals surface area contributed by atoms with Gasteiger partial charge in [-0.1, -0.05) is 13.8 Å². The largest absolute Gasteiger partial charge is 0.379 e. The third-order valence-electron chi connectivity index (χ3n) is 2.65. The molecule has 0 aromatic carbocycles. The summed E-state index contributed by atoms with van der Waals surface area (Å²) >= 11 is 0. The van der Waals surface area contributed by atoms with E-state index in [0.717, 1.165) is 39.1 Å². The predicted octanol–water partition coefficient (Wildman–Crippen LogP) is 1.96. The second-order valence-electron chi connectivity index (χ2n) is 4.24. The van der Waals surface area contributed by atoms with Gasteiger partial charge in [0.15, 0.2) is 0 Å². The molecule has 3 heteroatoms. The molecule has 2 atom stereocenters. The number of rotatable bonds is 8. The second-order valence-corrected chi connectivity index (χ2v) is 4.24. The molecular formula is C12H25NO2. The van der Waals surface area contributed by atoms with Crippen LogP contribution in [0.5, 0.6) is 0 Å². The van der Waals surface area contributed by atoms with Crippen LogP contribution in [-0.4, -0.2) is 38.5 Å². The average Bonchev–Trinajstić information content (AvgIpc) is 2.67. The highest BCUT2D eigenvalue weighted by atomic mass is 16.5. The van der Waals surface area contributed by atoms with Crippen molar-refractivity contribution in [3.8, 4) is 0 Å². The molecule has 3 nitrogen and oxygen atoms in total. The minimum Gasteiger partial charge on any atom is -0.379 e. The van der Waals surface area contributed by atoms with Crippen molar-refractivity contribution in [2.24, 2.45) is 0 Å². The van der Waals surface area contributed by atoms with E-state index in [1.165, 1.54) is 12.8 Å². The maximum atomic E-state index is 5.87. The Kier molecular flexibility index (Phi) is 6.98. The van der Waals surface area contributed by atoms with Gasteiger partial charge in [0.1, 0.15) is 0 Å². The molecule has 0 radical (unpaired) electrons. The van der Waals surface area contributed by atoms with Crippen LogP contribution in [0, 0.1) is 0 Å². The van der Waals surface area contributed by atoms with Crippen molar-refractivity contribution in [2.45, 2.75) is 51.7 Å². The third-order valence-corrected chi connectivity index (χ3v) is 2.65. The summed E-state index contributed by atoms with van der Waals surface area (Å²) in [5.74, 6) is 0. The molecule has 1 aliphatic rings. The van der Waals surface area contributed by atoms with E-state index in [4.69, 9.17) is 9.47 Å². The highest BCUT2D eigenvalue weighted by Crippen LogP contribution is 2.19. The molecule has 0 aromatic rings. The third kappa shape index (κ3) is 5.50. The van der Waals surface area contributed by atoms with E-state index in [-0.39, 0.29) is 0 Å². The van der Waals surface area contributed by atoms with Crippen LogP contribution in [0.3, 0.4) is 0 Å². The van der Waals surface area contributed by atoms with Crippen LogP contribution in [0.1, 0.15) is 39.5 Å². The lowest BCUT2D eigenvalue weighted by atomic mass is 10.2. The van der Waals surface area contributed by atoms with Crippen LogP contribution in [0.15, 0.2) is 0 Å². The molecule has 1 aliphatic heterocycles. The minimum absolute atomic E-state index is 0.338. The van der Waals surface area contributed by atoms with Crippen LogP contribution in [0.2, 0.25) is 0 Å². The molecular weight excluding hydrogens is 190 g/mol. The summed E-state index contributed by atoms with van der Waals surface area (Å²) in [6, 6.07) is 0. The van der Waals surface area contributed by atoms with Gasteiger partial charge in [-0.2, -0.15) is 0 Å². The summed E-state index contributed by atoms with van der Waals surface area (Å²) in [7, 11) is 0. The molecule has 1 rings (SSSR count). The lowest BCUT2D eigenvalue weighted by molar-refractivity contribution is -0.0140. The van der Waals surface area contributed by atoms with Crippen LogP contribution in [-0.2, 0) is 9.47 Å². The summed E-state index contributed by atoms with van der Waals surface area (Å²) in [4.78, 5) is 0. The Bertz CT molecular complexity index is 137. The smallest absolute Gasteiger partial charge is 0.0813 e. The number of nitrogens with one attached hydrogen (secondary N) is 1. The van der Waals surface area contributed by atoms with E-state index in [9.17, 15) is 0 Å². The van der Waals surface area contributed by atoms with Crippen molar-refractivity contribution in [3.05, 3.63) is 0 Å². The fourth-order valence-corrected chi connectivity index (χ4v) is 1.85. The molecule has 1 saturated heterocycles. The molecule has 0 aromatic heterocycles. The predicted molar refractivity (Wildman–Crippen MR) is 62.2 cm³/mol. The van der Waals surface area contributed by atoms with Gasteiger partial charge in [-0.05, 0) is 32.2 Å². The van der Waals surface area contributed by atoms with Crippen molar-refractivity contribution in [1.82, 2.24) is 5.32 Å². The first-order valence-corrected chi connectivity index (χ1v) is 6.30. The van der Waals surface area contributed by atoms with Crippen molar-refractivity contribution in [3.63, 3.8) is 0 Å². The highest BCUT2D eigenvalue weighted by Gasteiger charge is 2.24. The van der Waals surface area contributed by atoms with Gasteiger partial charge in [-0.3, -0.25) is 0 Å². The van der Waals surface area contributed by atoms with Gasteiger partial charge in [0, 0.05) is 13.2 Å². The van der Waals surface area contributed by atoms with Crippen LogP contribution < -0.4 is 5.32 Å². The first kappa shape index (κ1) is 12.9. The van der Waals surface area contributed by atoms with E-state index >= 15 is 0 Å². The Morgan fingerprint density at radius 3 is 2.73 bits per heavy atom. The fourth-order valence-electron chi connectivity index (χ4n) is 1.85. The molecule has 15 heavy (non-hydrogen) atoms. The number of hydrogen-bond acceptors (Lipinski definition) is 3. The zero-order valence-corrected chi connectivity index (χ0v) is 10.1. The Morgan fingerprint density at radius 2 is 2.00 bits per heavy atom. The second kappa shape index (κ2) is 8.08. The van der Waals surface area contributed by atoms with Gasteiger partial charge in [-0.25, -0.2) is 0 Å². The fraction of sp³-hybridized carbons (Fsp3) is 1.00. The number of hydrogen-bond donors (Lipinski definition) is 1. The van der Waals surface area contributed by atoms with Gasteiger partial charge < -0.3 is 14.8 Å². The highest BCUT2D eigenvalue weighted by molar-refractivity contribution is 4.74. The number of ether oxygens (including phenoxy) is 2. The Hall–Kier alpha value is -0.120. The van der Waals surface area contributed by atoms with E-state index in [1.807, 2.05) is 0 Å². The Labute approximate surface area is 93.5 Å². The molecule has 0 bridgehead atoms. The van der Waals surface area contributed by atoms with Gasteiger partial charge in [0.25, 0.3) is 0 Å². The van der Waals surface area contributed by atoms with E-state index in [0.29, 0.717) is 12.2 Å². The molecule has 1 N–H and O–H groups in total. The summed E-state index contributed by atoms with van der Waals surface area (Å²) in [6.07, 6.45) is 5.36. The quantitative estimate of drug-likeness (QED) is 0.628. The first-order chi connectivity index (χ1) is 7.36. The Morgan fingerprint density at radius 1 is 1.20 bits per heavy atom. The zero-order valence-electron chi connectivity index (χ0n) is 10.1. The van der Waals surface area contributed by atoms with E-state index in [2.05, 4.69) is 19.2 Å². The van der Waals surface area contributed by atoms with E-state index in [1.54, 1.807) is 0 Å². The summed E-state index contributed by atoms with van der Waals surface area (Å²) in [5.41, 5.74) is 0.